The quantitative estimate of drug-likeness (QED) is 0.507. The fraction of sp³-hybridized carbons (Fsp3) is 0.417. The Morgan fingerprint density at radius 3 is 2.67 bits per heavy atom. The molecule has 4 N–H and O–H groups in total. The van der Waals surface area contributed by atoms with Gasteiger partial charge in [-0.2, -0.15) is 0 Å². The first-order valence-electron chi connectivity index (χ1n) is 6.19. The number of nitrogens with two attached hydrogens (primary N) is 1. The summed E-state index contributed by atoms with van der Waals surface area (Å²) in [5, 5.41) is 3.05. The summed E-state index contributed by atoms with van der Waals surface area (Å²) in [6.07, 6.45) is 0. The maximum absolute atomic E-state index is 11.7. The summed E-state index contributed by atoms with van der Waals surface area (Å²) in [7, 11) is -2.12. The topological polar surface area (TPSA) is 111 Å². The minimum Gasteiger partial charge on any atom is -0.465 e. The minimum atomic E-state index is -3.36. The molecule has 118 valence electrons. The highest BCUT2D eigenvalue weighted by atomic mass is 35.5. The zero-order valence-corrected chi connectivity index (χ0v) is 13.3. The van der Waals surface area contributed by atoms with Crippen LogP contribution in [0.2, 0.25) is 5.02 Å². The third-order valence-corrected chi connectivity index (χ3v) is 4.32. The number of carbonyl (C=O) groups is 1. The van der Waals surface area contributed by atoms with E-state index < -0.39 is 16.0 Å². The van der Waals surface area contributed by atoms with E-state index >= 15 is 0 Å². The van der Waals surface area contributed by atoms with Gasteiger partial charge in [-0.25, -0.2) is 17.9 Å². The molecule has 0 radical (unpaired) electrons. The van der Waals surface area contributed by atoms with Crippen LogP contribution in [-0.2, 0) is 14.8 Å². The zero-order valence-electron chi connectivity index (χ0n) is 11.8. The Hall–Kier alpha value is -1.51. The molecule has 0 amide bonds. The number of benzene rings is 1. The number of esters is 1. The van der Waals surface area contributed by atoms with Gasteiger partial charge >= 0.3 is 5.97 Å². The number of nitrogen functional groups attached to an aromatic ring is 1. The van der Waals surface area contributed by atoms with Crippen LogP contribution in [-0.4, -0.2) is 40.3 Å². The Labute approximate surface area is 128 Å². The molecule has 0 aliphatic heterocycles. The second-order valence-electron chi connectivity index (χ2n) is 4.16. The molecule has 1 rings (SSSR count). The van der Waals surface area contributed by atoms with Crippen LogP contribution in [0.25, 0.3) is 0 Å². The highest BCUT2D eigenvalue weighted by Gasteiger charge is 2.17. The van der Waals surface area contributed by atoms with Crippen molar-refractivity contribution in [3.63, 3.8) is 0 Å². The van der Waals surface area contributed by atoms with Crippen LogP contribution in [0.5, 0.6) is 0 Å². The number of rotatable bonds is 7. The van der Waals surface area contributed by atoms with Gasteiger partial charge in [0.05, 0.1) is 29.1 Å². The van der Waals surface area contributed by atoms with Crippen molar-refractivity contribution in [2.45, 2.75) is 6.92 Å². The van der Waals surface area contributed by atoms with Crippen molar-refractivity contribution in [1.29, 1.82) is 0 Å². The number of carbonyl (C=O) groups excluding carboxylic acids is 1. The van der Waals surface area contributed by atoms with E-state index in [0.717, 1.165) is 0 Å². The fourth-order valence-corrected chi connectivity index (χ4v) is 2.93. The molecular weight excluding hydrogens is 318 g/mol. The molecule has 0 heterocycles. The van der Waals surface area contributed by atoms with Gasteiger partial charge in [0.15, 0.2) is 0 Å². The highest BCUT2D eigenvalue weighted by molar-refractivity contribution is 7.89. The van der Waals surface area contributed by atoms with E-state index in [2.05, 4.69) is 14.8 Å². The fourth-order valence-electron chi connectivity index (χ4n) is 1.68. The normalized spacial score (nSPS) is 11.2. The molecule has 0 aliphatic rings. The molecule has 0 atom stereocenters. The van der Waals surface area contributed by atoms with Crippen molar-refractivity contribution in [2.24, 2.45) is 0 Å². The molecule has 0 aromatic heterocycles. The van der Waals surface area contributed by atoms with Gasteiger partial charge in [0.1, 0.15) is 0 Å². The van der Waals surface area contributed by atoms with E-state index in [1.165, 1.54) is 19.2 Å². The molecule has 9 heteroatoms. The smallest absolute Gasteiger partial charge is 0.340 e. The average Bonchev–Trinajstić information content (AvgIpc) is 2.39. The van der Waals surface area contributed by atoms with Crippen molar-refractivity contribution in [3.8, 4) is 0 Å². The van der Waals surface area contributed by atoms with Gasteiger partial charge < -0.3 is 15.8 Å². The van der Waals surface area contributed by atoms with Crippen molar-refractivity contribution in [1.82, 2.24) is 4.72 Å². The van der Waals surface area contributed by atoms with E-state index in [9.17, 15) is 13.2 Å². The zero-order chi connectivity index (χ0) is 16.0. The number of nitrogens with one attached hydrogen (secondary N) is 2. The van der Waals surface area contributed by atoms with Crippen LogP contribution >= 0.6 is 11.6 Å². The van der Waals surface area contributed by atoms with Crippen LogP contribution in [0.3, 0.4) is 0 Å². The Bertz CT molecular complexity index is 619. The predicted octanol–water partition coefficient (Wildman–Crippen LogP) is 1.06. The van der Waals surface area contributed by atoms with E-state index in [4.69, 9.17) is 17.3 Å². The van der Waals surface area contributed by atoms with Crippen molar-refractivity contribution >= 4 is 39.0 Å². The van der Waals surface area contributed by atoms with Crippen LogP contribution < -0.4 is 15.8 Å². The molecule has 0 aliphatic carbocycles. The summed E-state index contributed by atoms with van der Waals surface area (Å²) in [5.41, 5.74) is 6.40. The lowest BCUT2D eigenvalue weighted by Gasteiger charge is -2.13. The van der Waals surface area contributed by atoms with Crippen molar-refractivity contribution in [3.05, 3.63) is 22.7 Å². The monoisotopic (exact) mass is 335 g/mol. The molecule has 21 heavy (non-hydrogen) atoms. The highest BCUT2D eigenvalue weighted by Crippen LogP contribution is 2.29. The number of methoxy groups -OCH3 is 1. The van der Waals surface area contributed by atoms with Crippen LogP contribution in [0.15, 0.2) is 12.1 Å². The van der Waals surface area contributed by atoms with Crippen LogP contribution in [0.1, 0.15) is 17.3 Å². The number of hydrogen-bond acceptors (Lipinski definition) is 6. The van der Waals surface area contributed by atoms with Gasteiger partial charge in [-0.05, 0) is 12.1 Å². The van der Waals surface area contributed by atoms with E-state index in [1.807, 2.05) is 0 Å². The first-order chi connectivity index (χ1) is 9.80. The predicted molar refractivity (Wildman–Crippen MR) is 83.2 cm³/mol. The lowest BCUT2D eigenvalue weighted by Crippen LogP contribution is -2.29. The molecule has 7 nitrogen and oxygen atoms in total. The summed E-state index contributed by atoms with van der Waals surface area (Å²) in [5.74, 6) is -0.761. The van der Waals surface area contributed by atoms with Crippen LogP contribution in [0.4, 0.5) is 11.4 Å². The van der Waals surface area contributed by atoms with Gasteiger partial charge in [-0.3, -0.25) is 0 Å². The lowest BCUT2D eigenvalue weighted by atomic mass is 10.1. The molecule has 0 saturated carbocycles. The van der Waals surface area contributed by atoms with Gasteiger partial charge in [0, 0.05) is 18.8 Å². The third-order valence-electron chi connectivity index (χ3n) is 2.55. The average molecular weight is 336 g/mol. The Morgan fingerprint density at radius 1 is 1.43 bits per heavy atom. The number of hydrogen-bond donors (Lipinski definition) is 3. The number of sulfonamides is 1. The SMILES string of the molecule is CCNS(=O)(=O)CCNc1c(Cl)cc(N)cc1C(=O)OC. The van der Waals surface area contributed by atoms with Gasteiger partial charge in [0.2, 0.25) is 10.0 Å². The summed E-state index contributed by atoms with van der Waals surface area (Å²) >= 11 is 6.03. The maximum Gasteiger partial charge on any atom is 0.340 e. The van der Waals surface area contributed by atoms with E-state index in [1.54, 1.807) is 6.92 Å². The molecular formula is C12H18ClN3O4S. The standard InChI is InChI=1S/C12H18ClN3O4S/c1-3-16-21(18,19)5-4-15-11-9(12(17)20-2)6-8(14)7-10(11)13/h6-7,15-16H,3-5,14H2,1-2H3. The summed E-state index contributed by atoms with van der Waals surface area (Å²) < 4.78 is 30.1. The second kappa shape index (κ2) is 7.48. The van der Waals surface area contributed by atoms with Crippen LogP contribution in [0, 0.1) is 0 Å². The lowest BCUT2D eigenvalue weighted by molar-refractivity contribution is 0.0602. The second-order valence-corrected chi connectivity index (χ2v) is 6.49. The van der Waals surface area contributed by atoms with Gasteiger partial charge in [0.25, 0.3) is 0 Å². The molecule has 0 saturated heterocycles. The van der Waals surface area contributed by atoms with E-state index in [0.29, 0.717) is 17.9 Å². The maximum atomic E-state index is 11.7. The summed E-state index contributed by atoms with van der Waals surface area (Å²) in [4.78, 5) is 11.7. The summed E-state index contributed by atoms with van der Waals surface area (Å²) in [6.45, 7) is 2.10. The Balaban J connectivity index is 2.90. The van der Waals surface area contributed by atoms with Gasteiger partial charge in [-0.15, -0.1) is 0 Å². The molecule has 0 unspecified atom stereocenters. The third kappa shape index (κ3) is 5.07. The van der Waals surface area contributed by atoms with Gasteiger partial charge in [-0.1, -0.05) is 18.5 Å². The number of ether oxygens (including phenoxy) is 1. The molecule has 1 aromatic rings. The minimum absolute atomic E-state index is 0.0863. The molecule has 1 aromatic carbocycles. The van der Waals surface area contributed by atoms with E-state index in [-0.39, 0.29) is 22.9 Å². The largest absolute Gasteiger partial charge is 0.465 e. The van der Waals surface area contributed by atoms with Crippen molar-refractivity contribution in [2.75, 3.05) is 37.0 Å². The first kappa shape index (κ1) is 17.5. The first-order valence-corrected chi connectivity index (χ1v) is 8.22. The Morgan fingerprint density at radius 2 is 2.10 bits per heavy atom. The molecule has 0 bridgehead atoms. The number of halogens is 1. The molecule has 0 spiro atoms. The summed E-state index contributed by atoms with van der Waals surface area (Å²) in [6, 6.07) is 2.88. The number of anilines is 2. The van der Waals surface area contributed by atoms with Crippen molar-refractivity contribution < 1.29 is 17.9 Å². The Kier molecular flexibility index (Phi) is 6.25. The molecule has 0 fully saturated rings.